The smallest absolute Gasteiger partial charge is 0.262 e. The molecule has 2 aliphatic rings. The number of aliphatic carboxylic acids is 1. The molecule has 4 aromatic heterocycles. The first-order valence-electron chi connectivity index (χ1n) is 12.2. The van der Waals surface area contributed by atoms with Gasteiger partial charge in [0.25, 0.3) is 5.56 Å². The van der Waals surface area contributed by atoms with Gasteiger partial charge in [-0.3, -0.25) is 14.3 Å². The predicted octanol–water partition coefficient (Wildman–Crippen LogP) is 0.451. The molecule has 0 bridgehead atoms. The second-order valence-corrected chi connectivity index (χ2v) is 10.5. The van der Waals surface area contributed by atoms with E-state index < -0.39 is 5.97 Å². The average Bonchev–Trinajstić information content (AvgIpc) is 3.45. The third kappa shape index (κ3) is 4.97. The average molecular weight is 507 g/mol. The van der Waals surface area contributed by atoms with Crippen molar-refractivity contribution in [1.82, 2.24) is 24.4 Å². The van der Waals surface area contributed by atoms with E-state index in [9.17, 15) is 4.79 Å². The van der Waals surface area contributed by atoms with Crippen molar-refractivity contribution in [2.45, 2.75) is 32.9 Å². The van der Waals surface area contributed by atoms with Crippen molar-refractivity contribution >= 4 is 44.0 Å². The first kappa shape index (κ1) is 24.4. The molecule has 10 heteroatoms. The Hall–Kier alpha value is -3.34. The van der Waals surface area contributed by atoms with Gasteiger partial charge in [-0.15, -0.1) is 11.3 Å². The van der Waals surface area contributed by atoms with Crippen LogP contribution < -0.4 is 15.6 Å². The van der Waals surface area contributed by atoms with E-state index in [2.05, 4.69) is 45.2 Å². The molecule has 1 unspecified atom stereocenters. The molecule has 0 aliphatic carbocycles. The summed E-state index contributed by atoms with van der Waals surface area (Å²) in [6.45, 7) is 6.61. The number of carboxylic acids is 1. The highest BCUT2D eigenvalue weighted by Gasteiger charge is 2.23. The lowest BCUT2D eigenvalue weighted by Crippen LogP contribution is -3.12. The summed E-state index contributed by atoms with van der Waals surface area (Å²) in [6.07, 6.45) is 11.9. The molecule has 2 N–H and O–H groups in total. The van der Waals surface area contributed by atoms with Crippen LogP contribution in [0.15, 0.2) is 41.9 Å². The first-order valence-corrected chi connectivity index (χ1v) is 13.0. The highest BCUT2D eigenvalue weighted by atomic mass is 32.1. The van der Waals surface area contributed by atoms with Crippen LogP contribution in [0.3, 0.4) is 0 Å². The Bertz CT molecular complexity index is 1500. The van der Waals surface area contributed by atoms with E-state index in [4.69, 9.17) is 9.90 Å². The molecule has 0 radical (unpaired) electrons. The van der Waals surface area contributed by atoms with Gasteiger partial charge in [-0.05, 0) is 43.7 Å². The normalized spacial score (nSPS) is 17.9. The predicted molar refractivity (Wildman–Crippen MR) is 139 cm³/mol. The number of nitrogens with one attached hydrogen (secondary N) is 2. The van der Waals surface area contributed by atoms with Gasteiger partial charge in [-0.25, -0.2) is 4.98 Å². The van der Waals surface area contributed by atoms with Crippen LogP contribution in [-0.2, 0) is 24.3 Å². The molecule has 188 valence electrons. The summed E-state index contributed by atoms with van der Waals surface area (Å²) in [5, 5.41) is 11.0. The zero-order valence-electron chi connectivity index (χ0n) is 20.5. The Kier molecular flexibility index (Phi) is 6.99. The fraction of sp³-hybridized carbons (Fsp3) is 0.385. The van der Waals surface area contributed by atoms with Crippen LogP contribution in [0.4, 0.5) is 0 Å². The quantitative estimate of drug-likeness (QED) is 0.416. The fourth-order valence-electron chi connectivity index (χ4n) is 5.08. The maximum absolute atomic E-state index is 13.2. The molecule has 6 rings (SSSR count). The summed E-state index contributed by atoms with van der Waals surface area (Å²) in [6, 6.07) is 2.08. The third-order valence-electron chi connectivity index (χ3n) is 6.94. The van der Waals surface area contributed by atoms with Crippen LogP contribution in [0.2, 0.25) is 0 Å². The topological polar surface area (TPSA) is 111 Å². The van der Waals surface area contributed by atoms with E-state index in [1.165, 1.54) is 31.9 Å². The van der Waals surface area contributed by atoms with E-state index in [0.29, 0.717) is 6.54 Å². The van der Waals surface area contributed by atoms with Crippen LogP contribution >= 0.6 is 11.3 Å². The van der Waals surface area contributed by atoms with Gasteiger partial charge >= 0.3 is 0 Å². The standard InChI is InChI=1S/C24H26N6OS.C2H4O2/c1-28-7-5-18-21(14-28)32-23-22(18)24(31)30(15-27-23)11-10-29-8-3-16(4-9-29)19-12-26-20-13-25-6-2-17(19)20;1-2(3)4/h2-3,6,12-13,15,26H,4-5,7-11,14H2,1H3;1H3,(H,3,4). The summed E-state index contributed by atoms with van der Waals surface area (Å²) < 4.78 is 1.83. The van der Waals surface area contributed by atoms with Gasteiger partial charge in [0.1, 0.15) is 4.83 Å². The van der Waals surface area contributed by atoms with Gasteiger partial charge in [-0.1, -0.05) is 0 Å². The molecule has 0 saturated heterocycles. The zero-order chi connectivity index (χ0) is 25.2. The van der Waals surface area contributed by atoms with E-state index in [0.717, 1.165) is 68.2 Å². The number of nitrogens with zero attached hydrogens (tertiary/aromatic N) is 4. The number of carbonyl (C=O) groups is 1. The zero-order valence-corrected chi connectivity index (χ0v) is 21.4. The van der Waals surface area contributed by atoms with E-state index in [-0.39, 0.29) is 5.56 Å². The number of aromatic nitrogens is 4. The highest BCUT2D eigenvalue weighted by Crippen LogP contribution is 2.31. The van der Waals surface area contributed by atoms with Gasteiger partial charge < -0.3 is 24.7 Å². The summed E-state index contributed by atoms with van der Waals surface area (Å²) >= 11 is 1.69. The Morgan fingerprint density at radius 1 is 1.33 bits per heavy atom. The number of aromatic amines is 1. The van der Waals surface area contributed by atoms with Crippen molar-refractivity contribution in [3.63, 3.8) is 0 Å². The number of carboxylic acid groups (broad SMARTS) is 1. The molecule has 0 saturated carbocycles. The maximum atomic E-state index is 13.2. The number of thiophene rings is 1. The molecule has 0 spiro atoms. The van der Waals surface area contributed by atoms with Crippen LogP contribution in [0, 0.1) is 0 Å². The fourth-order valence-corrected chi connectivity index (χ4v) is 6.33. The summed E-state index contributed by atoms with van der Waals surface area (Å²) in [7, 11) is 2.13. The van der Waals surface area contributed by atoms with Crippen LogP contribution in [0.1, 0.15) is 29.3 Å². The van der Waals surface area contributed by atoms with Gasteiger partial charge in [0.2, 0.25) is 0 Å². The minimum Gasteiger partial charge on any atom is -0.550 e. The number of fused-ring (bicyclic) bond motifs is 4. The monoisotopic (exact) mass is 506 g/mol. The number of quaternary nitrogens is 1. The van der Waals surface area contributed by atoms with Crippen molar-refractivity contribution in [3.05, 3.63) is 63.4 Å². The number of hydrogen-bond acceptors (Lipinski definition) is 7. The van der Waals surface area contributed by atoms with Crippen LogP contribution in [-0.4, -0.2) is 63.6 Å². The minimum atomic E-state index is -1.08. The van der Waals surface area contributed by atoms with E-state index in [1.54, 1.807) is 17.7 Å². The van der Waals surface area contributed by atoms with E-state index in [1.807, 2.05) is 17.0 Å². The van der Waals surface area contributed by atoms with Crippen molar-refractivity contribution in [3.8, 4) is 0 Å². The molecule has 2 aliphatic heterocycles. The van der Waals surface area contributed by atoms with Gasteiger partial charge in [0, 0.05) is 53.7 Å². The number of rotatable bonds is 4. The number of pyridine rings is 1. The van der Waals surface area contributed by atoms with Crippen molar-refractivity contribution in [2.24, 2.45) is 0 Å². The first-order chi connectivity index (χ1) is 17.4. The van der Waals surface area contributed by atoms with Crippen LogP contribution in [0.25, 0.3) is 26.7 Å². The highest BCUT2D eigenvalue weighted by molar-refractivity contribution is 7.18. The Balaban J connectivity index is 0.000000623. The molecule has 0 amide bonds. The lowest BCUT2D eigenvalue weighted by Gasteiger charge is -2.24. The molecular formula is C26H30N6O3S. The van der Waals surface area contributed by atoms with Gasteiger partial charge in [-0.2, -0.15) is 0 Å². The lowest BCUT2D eigenvalue weighted by molar-refractivity contribution is -0.895. The van der Waals surface area contributed by atoms with Gasteiger partial charge in [0.05, 0.1) is 49.6 Å². The second-order valence-electron chi connectivity index (χ2n) is 9.46. The second kappa shape index (κ2) is 10.3. The van der Waals surface area contributed by atoms with Crippen molar-refractivity contribution in [1.29, 1.82) is 0 Å². The summed E-state index contributed by atoms with van der Waals surface area (Å²) in [4.78, 5) is 40.3. The number of H-pyrrole nitrogens is 1. The molecule has 9 nitrogen and oxygen atoms in total. The Morgan fingerprint density at radius 3 is 2.94 bits per heavy atom. The Labute approximate surface area is 212 Å². The largest absolute Gasteiger partial charge is 0.550 e. The number of hydrogen-bond donors (Lipinski definition) is 2. The van der Waals surface area contributed by atoms with Crippen molar-refractivity contribution < 1.29 is 14.8 Å². The molecule has 0 aromatic carbocycles. The molecule has 36 heavy (non-hydrogen) atoms. The Morgan fingerprint density at radius 2 is 2.17 bits per heavy atom. The third-order valence-corrected chi connectivity index (χ3v) is 8.06. The lowest BCUT2D eigenvalue weighted by atomic mass is 9.99. The summed E-state index contributed by atoms with van der Waals surface area (Å²) in [5.74, 6) is -1.08. The van der Waals surface area contributed by atoms with Crippen LogP contribution in [0.5, 0.6) is 0 Å². The maximum Gasteiger partial charge on any atom is 0.262 e. The van der Waals surface area contributed by atoms with Gasteiger partial charge in [0.15, 0.2) is 0 Å². The number of carbonyl (C=O) groups excluding carboxylic acids is 1. The molecule has 6 heterocycles. The van der Waals surface area contributed by atoms with E-state index >= 15 is 0 Å². The molecule has 4 aromatic rings. The number of likely N-dealkylation sites (N-methyl/N-ethyl adjacent to an activating group) is 1. The SMILES string of the molecule is CC(=O)[O-].CN1CCc2c(sc3ncn(CC[NH+]4CC=C(c5c[nH]c6cnccc56)CC4)c(=O)c23)C1. The molecule has 1 atom stereocenters. The minimum absolute atomic E-state index is 0.136. The summed E-state index contributed by atoms with van der Waals surface area (Å²) in [5.41, 5.74) is 5.16. The molecular weight excluding hydrogens is 476 g/mol. The van der Waals surface area contributed by atoms with Crippen molar-refractivity contribution in [2.75, 3.05) is 33.2 Å². The molecule has 0 fully saturated rings.